The molecule has 0 radical (unpaired) electrons. The van der Waals surface area contributed by atoms with Gasteiger partial charge in [0, 0.05) is 57.1 Å². The highest BCUT2D eigenvalue weighted by atomic mass is 16.2. The first-order valence-electron chi connectivity index (χ1n) is 9.79. The van der Waals surface area contributed by atoms with Crippen molar-refractivity contribution in [2.24, 2.45) is 11.8 Å². The average Bonchev–Trinajstić information content (AvgIpc) is 3.15. The van der Waals surface area contributed by atoms with Crippen molar-refractivity contribution >= 4 is 23.7 Å². The van der Waals surface area contributed by atoms with Gasteiger partial charge in [0.25, 0.3) is 0 Å². The third-order valence-electron chi connectivity index (χ3n) is 5.78. The number of carbonyl (C=O) groups is 2. The van der Waals surface area contributed by atoms with Gasteiger partial charge in [-0.15, -0.1) is 6.58 Å². The third kappa shape index (κ3) is 4.00. The molecule has 28 heavy (non-hydrogen) atoms. The van der Waals surface area contributed by atoms with E-state index in [1.807, 2.05) is 35.1 Å². The fourth-order valence-electron chi connectivity index (χ4n) is 4.49. The quantitative estimate of drug-likeness (QED) is 0.624. The first-order valence-corrected chi connectivity index (χ1v) is 9.79. The number of pyridine rings is 1. The molecule has 2 atom stereocenters. The van der Waals surface area contributed by atoms with Crippen molar-refractivity contribution in [2.75, 3.05) is 51.6 Å². The number of rotatable bonds is 4. The van der Waals surface area contributed by atoms with E-state index in [0.717, 1.165) is 43.9 Å². The smallest absolute Gasteiger partial charge is 0.246 e. The summed E-state index contributed by atoms with van der Waals surface area (Å²) >= 11 is 0. The van der Waals surface area contributed by atoms with E-state index in [9.17, 15) is 9.59 Å². The van der Waals surface area contributed by atoms with Crippen LogP contribution in [0.1, 0.15) is 11.1 Å². The van der Waals surface area contributed by atoms with Crippen LogP contribution in [0.3, 0.4) is 0 Å². The highest BCUT2D eigenvalue weighted by Crippen LogP contribution is 2.31. The second kappa shape index (κ2) is 7.85. The second-order valence-corrected chi connectivity index (χ2v) is 8.10. The van der Waals surface area contributed by atoms with Crippen LogP contribution in [0.25, 0.3) is 6.08 Å². The Morgan fingerprint density at radius 2 is 2.04 bits per heavy atom. The standard InChI is InChI=1S/C21H27N5O2/c1-3-6-25-10-17-12-26(13-18(17)11-25)20(28)5-4-15-7-16-9-24(2)14-19(27)23-21(16)22-8-15/h3-5,7-8,17-18H,1,6,9-14H2,2H3,(H,22,23,27). The zero-order valence-corrected chi connectivity index (χ0v) is 16.3. The van der Waals surface area contributed by atoms with E-state index in [4.69, 9.17) is 0 Å². The van der Waals surface area contributed by atoms with Crippen molar-refractivity contribution in [1.82, 2.24) is 19.7 Å². The first kappa shape index (κ1) is 18.8. The molecule has 3 aliphatic rings. The number of hydrogen-bond donors (Lipinski definition) is 1. The van der Waals surface area contributed by atoms with Crippen LogP contribution in [0, 0.1) is 11.8 Å². The molecule has 3 aliphatic heterocycles. The highest BCUT2D eigenvalue weighted by Gasteiger charge is 2.40. The van der Waals surface area contributed by atoms with Gasteiger partial charge in [-0.3, -0.25) is 19.4 Å². The predicted molar refractivity (Wildman–Crippen MR) is 108 cm³/mol. The van der Waals surface area contributed by atoms with Crippen LogP contribution in [-0.4, -0.2) is 77.8 Å². The van der Waals surface area contributed by atoms with Gasteiger partial charge in [0.2, 0.25) is 11.8 Å². The Balaban J connectivity index is 1.38. The van der Waals surface area contributed by atoms with E-state index in [-0.39, 0.29) is 11.8 Å². The molecule has 0 aliphatic carbocycles. The molecular formula is C21H27N5O2. The summed E-state index contributed by atoms with van der Waals surface area (Å²) in [6, 6.07) is 1.99. The van der Waals surface area contributed by atoms with Crippen LogP contribution in [0.4, 0.5) is 5.82 Å². The van der Waals surface area contributed by atoms with Crippen LogP contribution in [0.5, 0.6) is 0 Å². The minimum absolute atomic E-state index is 0.0570. The van der Waals surface area contributed by atoms with Gasteiger partial charge in [0.1, 0.15) is 5.82 Å². The number of likely N-dealkylation sites (tertiary alicyclic amines) is 2. The Morgan fingerprint density at radius 3 is 2.75 bits per heavy atom. The first-order chi connectivity index (χ1) is 13.5. The molecule has 1 N–H and O–H groups in total. The summed E-state index contributed by atoms with van der Waals surface area (Å²) < 4.78 is 0. The van der Waals surface area contributed by atoms with Crippen LogP contribution >= 0.6 is 0 Å². The van der Waals surface area contributed by atoms with Crippen molar-refractivity contribution in [1.29, 1.82) is 0 Å². The zero-order chi connectivity index (χ0) is 19.7. The number of likely N-dealkylation sites (N-methyl/N-ethyl adjacent to an activating group) is 1. The van der Waals surface area contributed by atoms with Gasteiger partial charge < -0.3 is 10.2 Å². The number of anilines is 1. The Hall–Kier alpha value is -2.51. The number of hydrogen-bond acceptors (Lipinski definition) is 5. The second-order valence-electron chi connectivity index (χ2n) is 8.10. The molecule has 2 saturated heterocycles. The number of aromatic nitrogens is 1. The van der Waals surface area contributed by atoms with E-state index in [1.54, 1.807) is 12.3 Å². The average molecular weight is 381 g/mol. The molecule has 1 aromatic rings. The van der Waals surface area contributed by atoms with Crippen molar-refractivity contribution in [3.63, 3.8) is 0 Å². The number of carbonyl (C=O) groups excluding carboxylic acids is 2. The largest absolute Gasteiger partial charge is 0.338 e. The van der Waals surface area contributed by atoms with E-state index in [2.05, 4.69) is 21.8 Å². The lowest BCUT2D eigenvalue weighted by Crippen LogP contribution is -2.32. The number of nitrogens with zero attached hydrogens (tertiary/aromatic N) is 4. The monoisotopic (exact) mass is 381 g/mol. The predicted octanol–water partition coefficient (Wildman–Crippen LogP) is 1.05. The molecule has 2 unspecified atom stereocenters. The van der Waals surface area contributed by atoms with Gasteiger partial charge >= 0.3 is 0 Å². The lowest BCUT2D eigenvalue weighted by molar-refractivity contribution is -0.125. The molecule has 1 aromatic heterocycles. The van der Waals surface area contributed by atoms with Gasteiger partial charge in [-0.25, -0.2) is 4.98 Å². The van der Waals surface area contributed by atoms with Crippen molar-refractivity contribution in [3.05, 3.63) is 42.1 Å². The van der Waals surface area contributed by atoms with E-state index in [0.29, 0.717) is 30.7 Å². The molecule has 7 nitrogen and oxygen atoms in total. The number of nitrogens with one attached hydrogen (secondary N) is 1. The molecule has 7 heteroatoms. The molecule has 2 fully saturated rings. The lowest BCUT2D eigenvalue weighted by Gasteiger charge is -2.19. The molecule has 0 spiro atoms. The van der Waals surface area contributed by atoms with Gasteiger partial charge in [-0.1, -0.05) is 6.08 Å². The maximum atomic E-state index is 12.6. The number of amides is 2. The topological polar surface area (TPSA) is 68.8 Å². The Labute approximate surface area is 165 Å². The number of fused-ring (bicyclic) bond motifs is 2. The van der Waals surface area contributed by atoms with Crippen LogP contribution in [0.15, 0.2) is 31.0 Å². The lowest BCUT2D eigenvalue weighted by atomic mass is 10.0. The molecule has 0 aromatic carbocycles. The van der Waals surface area contributed by atoms with Gasteiger partial charge in [0.15, 0.2) is 0 Å². The summed E-state index contributed by atoms with van der Waals surface area (Å²) in [4.78, 5) is 35.1. The summed E-state index contributed by atoms with van der Waals surface area (Å²) in [5.41, 5.74) is 1.83. The van der Waals surface area contributed by atoms with Crippen molar-refractivity contribution in [3.8, 4) is 0 Å². The summed E-state index contributed by atoms with van der Waals surface area (Å²) in [7, 11) is 1.90. The van der Waals surface area contributed by atoms with Gasteiger partial charge in [-0.05, 0) is 36.6 Å². The van der Waals surface area contributed by atoms with E-state index < -0.39 is 0 Å². The molecule has 0 saturated carbocycles. The summed E-state index contributed by atoms with van der Waals surface area (Å²) in [5, 5.41) is 2.82. The Kier molecular flexibility index (Phi) is 5.28. The SMILES string of the molecule is C=CCN1CC2CN(C(=O)C=Cc3cnc4c(c3)CN(C)CC(=O)N4)CC2C1. The van der Waals surface area contributed by atoms with Crippen LogP contribution in [-0.2, 0) is 16.1 Å². The van der Waals surface area contributed by atoms with Gasteiger partial charge in [-0.2, -0.15) is 0 Å². The molecule has 0 bridgehead atoms. The summed E-state index contributed by atoms with van der Waals surface area (Å²) in [6.45, 7) is 9.51. The van der Waals surface area contributed by atoms with Crippen molar-refractivity contribution in [2.45, 2.75) is 6.54 Å². The minimum Gasteiger partial charge on any atom is -0.338 e. The third-order valence-corrected chi connectivity index (χ3v) is 5.78. The molecular weight excluding hydrogens is 354 g/mol. The Bertz CT molecular complexity index is 807. The zero-order valence-electron chi connectivity index (χ0n) is 16.3. The molecule has 148 valence electrons. The fraction of sp³-hybridized carbons (Fsp3) is 0.476. The minimum atomic E-state index is -0.0570. The molecule has 4 rings (SSSR count). The van der Waals surface area contributed by atoms with Crippen LogP contribution < -0.4 is 5.32 Å². The van der Waals surface area contributed by atoms with Gasteiger partial charge in [0.05, 0.1) is 6.54 Å². The highest BCUT2D eigenvalue weighted by molar-refractivity contribution is 5.93. The molecule has 4 heterocycles. The Morgan fingerprint density at radius 1 is 1.29 bits per heavy atom. The van der Waals surface area contributed by atoms with Crippen LogP contribution in [0.2, 0.25) is 0 Å². The summed E-state index contributed by atoms with van der Waals surface area (Å²) in [5.74, 6) is 1.76. The summed E-state index contributed by atoms with van der Waals surface area (Å²) in [6.07, 6.45) is 7.11. The molecule has 2 amide bonds. The van der Waals surface area contributed by atoms with E-state index in [1.165, 1.54) is 0 Å². The maximum Gasteiger partial charge on any atom is 0.246 e. The van der Waals surface area contributed by atoms with E-state index >= 15 is 0 Å². The van der Waals surface area contributed by atoms with Crippen molar-refractivity contribution < 1.29 is 9.59 Å². The maximum absolute atomic E-state index is 12.6. The fourth-order valence-corrected chi connectivity index (χ4v) is 4.49. The normalized spacial score (nSPS) is 25.5.